The van der Waals surface area contributed by atoms with E-state index in [-0.39, 0.29) is 11.7 Å². The van der Waals surface area contributed by atoms with Crippen molar-refractivity contribution in [3.63, 3.8) is 0 Å². The molecule has 0 radical (unpaired) electrons. The molecule has 0 fully saturated rings. The highest BCUT2D eigenvalue weighted by Gasteiger charge is 2.25. The minimum absolute atomic E-state index is 0.0689. The Balaban J connectivity index is 0. The van der Waals surface area contributed by atoms with Gasteiger partial charge in [0.25, 0.3) is 5.97 Å². The fourth-order valence-electron chi connectivity index (χ4n) is 0.358. The fourth-order valence-corrected chi connectivity index (χ4v) is 0.358. The molecule has 0 heterocycles. The van der Waals surface area contributed by atoms with E-state index < -0.39 is 17.0 Å². The lowest BCUT2D eigenvalue weighted by molar-refractivity contribution is -0.134. The van der Waals surface area contributed by atoms with Gasteiger partial charge in [0.2, 0.25) is 0 Å². The smallest absolute Gasteiger partial charge is 0.300 e. The second-order valence-corrected chi connectivity index (χ2v) is 4.66. The molecule has 0 saturated heterocycles. The van der Waals surface area contributed by atoms with Gasteiger partial charge < -0.3 is 16.6 Å². The maximum absolute atomic E-state index is 9.00. The molecule has 0 bridgehead atoms. The Morgan fingerprint density at radius 1 is 1.00 bits per heavy atom. The van der Waals surface area contributed by atoms with Crippen LogP contribution in [0.15, 0.2) is 10.2 Å². The number of nitrogens with zero attached hydrogens (tertiary/aromatic N) is 2. The van der Waals surface area contributed by atoms with Crippen LogP contribution >= 0.6 is 0 Å². The monoisotopic (exact) mass is 258 g/mol. The standard InChI is InChI=1S/C8H18N6.C2H4O2/c1-7(2,5(9)10)13-14-8(3,4)6(11)12;1-2(3)4/h1-4H3,(H3,9,10)(H3,11,12);1H3,(H,3,4). The van der Waals surface area contributed by atoms with Crippen molar-refractivity contribution in [3.05, 3.63) is 0 Å². The van der Waals surface area contributed by atoms with E-state index in [1.807, 2.05) is 0 Å². The first-order valence-electron chi connectivity index (χ1n) is 5.15. The zero-order chi connectivity index (χ0) is 15.1. The topological polar surface area (TPSA) is 162 Å². The van der Waals surface area contributed by atoms with E-state index in [1.165, 1.54) is 0 Å². The summed E-state index contributed by atoms with van der Waals surface area (Å²) in [5.41, 5.74) is 8.96. The van der Waals surface area contributed by atoms with Crippen molar-refractivity contribution in [1.82, 2.24) is 0 Å². The summed E-state index contributed by atoms with van der Waals surface area (Å²) in [5, 5.41) is 29.7. The lowest BCUT2D eigenvalue weighted by Crippen LogP contribution is -2.38. The third-order valence-corrected chi connectivity index (χ3v) is 1.87. The second-order valence-electron chi connectivity index (χ2n) is 4.66. The average molecular weight is 258 g/mol. The fraction of sp³-hybridized carbons (Fsp3) is 0.700. The third kappa shape index (κ3) is 8.20. The van der Waals surface area contributed by atoms with Crippen molar-refractivity contribution >= 4 is 17.6 Å². The van der Waals surface area contributed by atoms with Crippen LogP contribution in [-0.4, -0.2) is 33.8 Å². The highest BCUT2D eigenvalue weighted by Crippen LogP contribution is 2.15. The van der Waals surface area contributed by atoms with Crippen molar-refractivity contribution in [2.24, 2.45) is 21.7 Å². The maximum Gasteiger partial charge on any atom is 0.300 e. The van der Waals surface area contributed by atoms with Gasteiger partial charge in [0, 0.05) is 6.92 Å². The number of carboxylic acid groups (broad SMARTS) is 1. The molecule has 0 unspecified atom stereocenters. The van der Waals surface area contributed by atoms with Gasteiger partial charge in [0.15, 0.2) is 0 Å². The van der Waals surface area contributed by atoms with Gasteiger partial charge in [-0.1, -0.05) is 0 Å². The van der Waals surface area contributed by atoms with Crippen LogP contribution in [0.3, 0.4) is 0 Å². The van der Waals surface area contributed by atoms with Gasteiger partial charge in [-0.25, -0.2) is 0 Å². The first-order chi connectivity index (χ1) is 7.83. The molecule has 0 aliphatic carbocycles. The van der Waals surface area contributed by atoms with E-state index in [9.17, 15) is 0 Å². The number of carbonyl (C=O) groups is 1. The normalized spacial score (nSPS) is 11.6. The number of aliphatic carboxylic acids is 1. The van der Waals surface area contributed by atoms with E-state index in [2.05, 4.69) is 10.2 Å². The van der Waals surface area contributed by atoms with Crippen LogP contribution in [0.25, 0.3) is 0 Å². The van der Waals surface area contributed by atoms with E-state index in [0.29, 0.717) is 0 Å². The quantitative estimate of drug-likeness (QED) is 0.288. The van der Waals surface area contributed by atoms with E-state index in [1.54, 1.807) is 27.7 Å². The van der Waals surface area contributed by atoms with Gasteiger partial charge in [-0.3, -0.25) is 15.6 Å². The Labute approximate surface area is 106 Å². The molecule has 8 heteroatoms. The number of nitrogens with two attached hydrogens (primary N) is 2. The van der Waals surface area contributed by atoms with E-state index >= 15 is 0 Å². The van der Waals surface area contributed by atoms with Crippen LogP contribution in [0.5, 0.6) is 0 Å². The van der Waals surface area contributed by atoms with Crippen molar-refractivity contribution in [3.8, 4) is 0 Å². The van der Waals surface area contributed by atoms with Gasteiger partial charge in [-0.2, -0.15) is 10.2 Å². The summed E-state index contributed by atoms with van der Waals surface area (Å²) in [6.07, 6.45) is 0. The minimum atomic E-state index is -0.841. The zero-order valence-corrected chi connectivity index (χ0v) is 11.4. The number of azo groups is 1. The highest BCUT2D eigenvalue weighted by atomic mass is 16.4. The van der Waals surface area contributed by atoms with E-state index in [0.717, 1.165) is 6.92 Å². The van der Waals surface area contributed by atoms with Crippen molar-refractivity contribution in [2.75, 3.05) is 0 Å². The van der Waals surface area contributed by atoms with Gasteiger partial charge in [-0.05, 0) is 27.7 Å². The zero-order valence-electron chi connectivity index (χ0n) is 11.4. The predicted octanol–water partition coefficient (Wildman–Crippen LogP) is 0.959. The lowest BCUT2D eigenvalue weighted by atomic mass is 10.1. The molecule has 104 valence electrons. The predicted molar refractivity (Wildman–Crippen MR) is 70.2 cm³/mol. The molecule has 0 aromatic rings. The summed E-state index contributed by atoms with van der Waals surface area (Å²) >= 11 is 0. The molecule has 0 aliphatic heterocycles. The first kappa shape index (κ1) is 18.4. The molecule has 8 nitrogen and oxygen atoms in total. The Bertz CT molecular complexity index is 327. The molecule has 0 aromatic heterocycles. The van der Waals surface area contributed by atoms with Crippen LogP contribution in [-0.2, 0) is 4.79 Å². The van der Waals surface area contributed by atoms with Gasteiger partial charge in [0.05, 0.1) is 0 Å². The molecule has 18 heavy (non-hydrogen) atoms. The number of amidine groups is 2. The first-order valence-corrected chi connectivity index (χ1v) is 5.15. The number of nitrogens with one attached hydrogen (secondary N) is 2. The minimum Gasteiger partial charge on any atom is -0.481 e. The molecule has 0 amide bonds. The second kappa shape index (κ2) is 6.67. The molecule has 0 saturated carbocycles. The van der Waals surface area contributed by atoms with Gasteiger partial charge in [0.1, 0.15) is 22.7 Å². The summed E-state index contributed by atoms with van der Waals surface area (Å²) in [6, 6.07) is 0. The Kier molecular flexibility index (Phi) is 6.81. The van der Waals surface area contributed by atoms with Crippen LogP contribution < -0.4 is 11.5 Å². The summed E-state index contributed by atoms with van der Waals surface area (Å²) in [5.74, 6) is -0.971. The Hall–Kier alpha value is -1.99. The molecule has 0 aromatic carbocycles. The summed E-state index contributed by atoms with van der Waals surface area (Å²) in [4.78, 5) is 9.00. The largest absolute Gasteiger partial charge is 0.481 e. The molecule has 7 N–H and O–H groups in total. The summed E-state index contributed by atoms with van der Waals surface area (Å²) < 4.78 is 0. The SMILES string of the molecule is CC(=O)O.CC(C)(N=NC(C)(C)C(=N)N)C(=N)N. The molecular weight excluding hydrogens is 236 g/mol. The molecule has 0 rings (SSSR count). The average Bonchev–Trinajstić information content (AvgIpc) is 2.13. The number of hydrogen-bond acceptors (Lipinski definition) is 5. The van der Waals surface area contributed by atoms with Crippen molar-refractivity contribution < 1.29 is 9.90 Å². The number of hydrogen-bond donors (Lipinski definition) is 5. The summed E-state index contributed by atoms with van der Waals surface area (Å²) in [7, 11) is 0. The van der Waals surface area contributed by atoms with E-state index in [4.69, 9.17) is 32.2 Å². The van der Waals surface area contributed by atoms with Gasteiger partial charge >= 0.3 is 0 Å². The molecule has 0 aliphatic rings. The van der Waals surface area contributed by atoms with Crippen LogP contribution in [0.2, 0.25) is 0 Å². The molecule has 0 atom stereocenters. The van der Waals surface area contributed by atoms with Crippen LogP contribution in [0.1, 0.15) is 34.6 Å². The summed E-state index contributed by atoms with van der Waals surface area (Å²) in [6.45, 7) is 7.79. The third-order valence-electron chi connectivity index (χ3n) is 1.87. The molecule has 0 spiro atoms. The highest BCUT2D eigenvalue weighted by molar-refractivity contribution is 5.87. The number of rotatable bonds is 4. The maximum atomic E-state index is 9.00. The van der Waals surface area contributed by atoms with Crippen LogP contribution in [0.4, 0.5) is 0 Å². The Morgan fingerprint density at radius 2 is 1.17 bits per heavy atom. The van der Waals surface area contributed by atoms with Crippen molar-refractivity contribution in [1.29, 1.82) is 10.8 Å². The van der Waals surface area contributed by atoms with Crippen LogP contribution in [0, 0.1) is 10.8 Å². The Morgan fingerprint density at radius 3 is 1.28 bits per heavy atom. The van der Waals surface area contributed by atoms with Gasteiger partial charge in [-0.15, -0.1) is 0 Å². The van der Waals surface area contributed by atoms with Crippen molar-refractivity contribution in [2.45, 2.75) is 45.7 Å². The molecular formula is C10H22N6O2. The lowest BCUT2D eigenvalue weighted by Gasteiger charge is -2.20. The number of carboxylic acids is 1.